The third-order valence-electron chi connectivity index (χ3n) is 3.32. The van der Waals surface area contributed by atoms with Gasteiger partial charge in [0.05, 0.1) is 5.41 Å². The average molecular weight is 276 g/mol. The van der Waals surface area contributed by atoms with E-state index in [4.69, 9.17) is 0 Å². The molecule has 0 bridgehead atoms. The van der Waals surface area contributed by atoms with Gasteiger partial charge in [-0.25, -0.2) is 0 Å². The highest BCUT2D eigenvalue weighted by molar-refractivity contribution is 8.13. The topological polar surface area (TPSA) is 54.4 Å². The third kappa shape index (κ3) is 3.07. The fourth-order valence-corrected chi connectivity index (χ4v) is 2.57. The van der Waals surface area contributed by atoms with Crippen molar-refractivity contribution < 1.29 is 14.7 Å². The normalized spacial score (nSPS) is 16.5. The first kappa shape index (κ1) is 13.9. The molecule has 2 rings (SSSR count). The molecule has 0 radical (unpaired) electrons. The highest BCUT2D eigenvalue weighted by Gasteiger charge is 2.52. The van der Waals surface area contributed by atoms with Gasteiger partial charge in [-0.15, -0.1) is 0 Å². The molecule has 19 heavy (non-hydrogen) atoms. The van der Waals surface area contributed by atoms with E-state index in [1.807, 2.05) is 36.4 Å². The zero-order valence-corrected chi connectivity index (χ0v) is 11.6. The van der Waals surface area contributed by atoms with Gasteiger partial charge in [0.15, 0.2) is 5.12 Å². The van der Waals surface area contributed by atoms with Crippen molar-refractivity contribution in [1.82, 2.24) is 0 Å². The molecule has 1 fully saturated rings. The van der Waals surface area contributed by atoms with Crippen LogP contribution >= 0.6 is 11.8 Å². The first-order valence-electron chi connectivity index (χ1n) is 6.19. The summed E-state index contributed by atoms with van der Waals surface area (Å²) in [5.74, 6) is -0.129. The number of carboxylic acid groups (broad SMARTS) is 1. The van der Waals surface area contributed by atoms with Crippen LogP contribution in [0.1, 0.15) is 30.9 Å². The van der Waals surface area contributed by atoms with Crippen LogP contribution in [0.2, 0.25) is 0 Å². The van der Waals surface area contributed by atoms with E-state index in [0.717, 1.165) is 11.1 Å². The highest BCUT2D eigenvalue weighted by Crippen LogP contribution is 2.49. The van der Waals surface area contributed by atoms with Gasteiger partial charge in [-0.3, -0.25) is 9.59 Å². The molecular formula is C15H16O3S. The van der Waals surface area contributed by atoms with Crippen LogP contribution in [0.5, 0.6) is 0 Å². The van der Waals surface area contributed by atoms with Gasteiger partial charge in [0, 0.05) is 12.7 Å². The lowest BCUT2D eigenvalue weighted by Crippen LogP contribution is -2.20. The molecule has 4 heteroatoms. The summed E-state index contributed by atoms with van der Waals surface area (Å²) in [6.45, 7) is 1.54. The van der Waals surface area contributed by atoms with Crippen molar-refractivity contribution in [1.29, 1.82) is 0 Å². The van der Waals surface area contributed by atoms with Gasteiger partial charge in [-0.2, -0.15) is 0 Å². The summed E-state index contributed by atoms with van der Waals surface area (Å²) in [6.07, 6.45) is 5.22. The minimum atomic E-state index is -0.744. The summed E-state index contributed by atoms with van der Waals surface area (Å²) in [7, 11) is 0. The summed E-state index contributed by atoms with van der Waals surface area (Å²) >= 11 is 1.24. The molecule has 0 unspecified atom stereocenters. The molecule has 1 aliphatic carbocycles. The van der Waals surface area contributed by atoms with Crippen LogP contribution in [0.25, 0.3) is 6.08 Å². The molecule has 0 spiro atoms. The Bertz CT molecular complexity index is 530. The molecule has 1 aliphatic rings. The van der Waals surface area contributed by atoms with E-state index in [1.165, 1.54) is 18.7 Å². The van der Waals surface area contributed by atoms with Crippen molar-refractivity contribution in [3.05, 3.63) is 41.5 Å². The van der Waals surface area contributed by atoms with Gasteiger partial charge in [0.2, 0.25) is 0 Å². The van der Waals surface area contributed by atoms with Crippen LogP contribution in [0, 0.1) is 0 Å². The molecule has 0 aromatic heterocycles. The Morgan fingerprint density at radius 2 is 2.05 bits per heavy atom. The van der Waals surface area contributed by atoms with Gasteiger partial charge in [-0.05, 0) is 24.0 Å². The zero-order chi connectivity index (χ0) is 13.9. The molecule has 100 valence electrons. The van der Waals surface area contributed by atoms with Crippen molar-refractivity contribution >= 4 is 28.9 Å². The molecule has 0 heterocycles. The second-order valence-electron chi connectivity index (χ2n) is 4.68. The van der Waals surface area contributed by atoms with E-state index >= 15 is 0 Å². The van der Waals surface area contributed by atoms with Crippen molar-refractivity contribution in [3.8, 4) is 0 Å². The molecule has 1 aromatic carbocycles. The lowest BCUT2D eigenvalue weighted by molar-refractivity contribution is -0.140. The van der Waals surface area contributed by atoms with Gasteiger partial charge < -0.3 is 5.11 Å². The largest absolute Gasteiger partial charge is 0.481 e. The molecule has 0 atom stereocenters. The van der Waals surface area contributed by atoms with E-state index in [1.54, 1.807) is 0 Å². The molecule has 1 saturated carbocycles. The third-order valence-corrected chi connectivity index (χ3v) is 4.08. The zero-order valence-electron chi connectivity index (χ0n) is 10.8. The Balaban J connectivity index is 2.18. The van der Waals surface area contributed by atoms with Crippen LogP contribution < -0.4 is 0 Å². The van der Waals surface area contributed by atoms with E-state index in [9.17, 15) is 14.7 Å². The summed E-state index contributed by atoms with van der Waals surface area (Å²) in [5, 5.41) is 9.44. The van der Waals surface area contributed by atoms with Crippen molar-refractivity contribution in [3.63, 3.8) is 0 Å². The van der Waals surface area contributed by atoms with Gasteiger partial charge in [-0.1, -0.05) is 48.2 Å². The van der Waals surface area contributed by atoms with Crippen LogP contribution in [-0.2, 0) is 15.0 Å². The molecule has 1 aromatic rings. The number of benzene rings is 1. The molecular weight excluding hydrogens is 260 g/mol. The first-order chi connectivity index (χ1) is 9.06. The maximum atomic E-state index is 11.4. The molecule has 1 N–H and O–H groups in total. The summed E-state index contributed by atoms with van der Waals surface area (Å²) in [5.41, 5.74) is 1.13. The fourth-order valence-electron chi connectivity index (χ4n) is 2.14. The van der Waals surface area contributed by atoms with Crippen LogP contribution in [0.3, 0.4) is 0 Å². The van der Waals surface area contributed by atoms with E-state index in [0.29, 0.717) is 18.6 Å². The Labute approximate surface area is 116 Å². The minimum absolute atomic E-state index is 0.0853. The summed E-state index contributed by atoms with van der Waals surface area (Å²) in [6, 6.07) is 7.59. The summed E-state index contributed by atoms with van der Waals surface area (Å²) < 4.78 is 0. The van der Waals surface area contributed by atoms with Gasteiger partial charge in [0.1, 0.15) is 0 Å². The first-order valence-corrected chi connectivity index (χ1v) is 7.17. The number of thioether (sulfide) groups is 1. The molecule has 0 aliphatic heterocycles. The monoisotopic (exact) mass is 276 g/mol. The predicted octanol–water partition coefficient (Wildman–Crippen LogP) is 3.10. The van der Waals surface area contributed by atoms with Crippen molar-refractivity contribution in [2.24, 2.45) is 0 Å². The Kier molecular flexibility index (Phi) is 4.10. The Morgan fingerprint density at radius 3 is 2.63 bits per heavy atom. The maximum Gasteiger partial charge on any atom is 0.314 e. The standard InChI is InChI=1S/C15H16O3S/c1-11(16)19-10-4-6-12-5-2-3-7-13(12)15(8-9-15)14(17)18/h2-7H,8-10H2,1H3,(H,17,18). The summed E-state index contributed by atoms with van der Waals surface area (Å²) in [4.78, 5) is 22.2. The Hall–Kier alpha value is -1.55. The highest BCUT2D eigenvalue weighted by atomic mass is 32.2. The molecule has 3 nitrogen and oxygen atoms in total. The fraction of sp³-hybridized carbons (Fsp3) is 0.333. The number of hydrogen-bond donors (Lipinski definition) is 1. The molecule has 0 saturated heterocycles. The number of hydrogen-bond acceptors (Lipinski definition) is 3. The SMILES string of the molecule is CC(=O)SCC=Cc1ccccc1C1(C(=O)O)CC1. The molecule has 0 amide bonds. The second kappa shape index (κ2) is 5.61. The van der Waals surface area contributed by atoms with Crippen LogP contribution in [-0.4, -0.2) is 21.9 Å². The maximum absolute atomic E-state index is 11.4. The lowest BCUT2D eigenvalue weighted by atomic mass is 9.91. The second-order valence-corrected chi connectivity index (χ2v) is 5.88. The number of carbonyl (C=O) groups is 2. The van der Waals surface area contributed by atoms with E-state index in [2.05, 4.69) is 0 Å². The van der Waals surface area contributed by atoms with Crippen LogP contribution in [0.15, 0.2) is 30.3 Å². The predicted molar refractivity (Wildman–Crippen MR) is 77.2 cm³/mol. The minimum Gasteiger partial charge on any atom is -0.481 e. The average Bonchev–Trinajstić information content (AvgIpc) is 3.16. The number of aliphatic carboxylic acids is 1. The number of carbonyl (C=O) groups excluding carboxylic acids is 1. The van der Waals surface area contributed by atoms with Gasteiger partial charge >= 0.3 is 5.97 Å². The van der Waals surface area contributed by atoms with Crippen molar-refractivity contribution in [2.75, 3.05) is 5.75 Å². The number of rotatable bonds is 5. The van der Waals surface area contributed by atoms with Gasteiger partial charge in [0.25, 0.3) is 0 Å². The van der Waals surface area contributed by atoms with Crippen molar-refractivity contribution in [2.45, 2.75) is 25.2 Å². The van der Waals surface area contributed by atoms with Crippen LogP contribution in [0.4, 0.5) is 0 Å². The van der Waals surface area contributed by atoms with E-state index in [-0.39, 0.29) is 5.12 Å². The lowest BCUT2D eigenvalue weighted by Gasteiger charge is -2.13. The smallest absolute Gasteiger partial charge is 0.314 e. The number of carboxylic acids is 1. The quantitative estimate of drug-likeness (QED) is 0.898. The Morgan fingerprint density at radius 1 is 1.37 bits per heavy atom. The van der Waals surface area contributed by atoms with E-state index < -0.39 is 11.4 Å².